The highest BCUT2D eigenvalue weighted by Crippen LogP contribution is 2.34. The fourth-order valence-electron chi connectivity index (χ4n) is 3.11. The largest absolute Gasteiger partial charge is 0.303 e. The Morgan fingerprint density at radius 3 is 1.80 bits per heavy atom. The summed E-state index contributed by atoms with van der Waals surface area (Å²) < 4.78 is 0. The van der Waals surface area contributed by atoms with E-state index in [1.165, 1.54) is 22.3 Å². The zero-order valence-corrected chi connectivity index (χ0v) is 16.6. The monoisotopic (exact) mass is 336 g/mol. The van der Waals surface area contributed by atoms with Crippen molar-refractivity contribution in [1.82, 2.24) is 0 Å². The molecule has 2 rings (SSSR count). The fraction of sp³-hybridized carbons (Fsp3) is 0.458. The molecule has 0 aliphatic rings. The summed E-state index contributed by atoms with van der Waals surface area (Å²) in [5.74, 6) is 0.225. The third-order valence-corrected chi connectivity index (χ3v) is 4.86. The first-order chi connectivity index (χ1) is 11.6. The molecule has 0 N–H and O–H groups in total. The number of benzene rings is 2. The molecule has 0 radical (unpaired) electrons. The molecule has 2 aromatic carbocycles. The zero-order chi connectivity index (χ0) is 18.7. The molecule has 2 aromatic rings. The first-order valence-electron chi connectivity index (χ1n) is 9.25. The van der Waals surface area contributed by atoms with Crippen LogP contribution in [0.15, 0.2) is 48.5 Å². The van der Waals surface area contributed by atoms with Crippen LogP contribution in [0.2, 0.25) is 0 Å². The van der Waals surface area contributed by atoms with Crippen LogP contribution in [-0.2, 0) is 22.0 Å². The standard InChI is InChI=1S/C24H32O/c1-23(2,3)21-15-20(16-22(17-21)24(4,5)6)19(12-13-25)14-18-10-8-7-9-11-18/h7-11,13,15-17,19H,12,14H2,1-6H3/t19-/m1/s1. The predicted molar refractivity (Wildman–Crippen MR) is 107 cm³/mol. The topological polar surface area (TPSA) is 17.1 Å². The Hall–Kier alpha value is -1.89. The van der Waals surface area contributed by atoms with Crippen LogP contribution in [0, 0.1) is 0 Å². The average Bonchev–Trinajstić information content (AvgIpc) is 2.53. The number of rotatable bonds is 5. The molecule has 0 bridgehead atoms. The maximum absolute atomic E-state index is 11.3. The van der Waals surface area contributed by atoms with E-state index >= 15 is 0 Å². The second-order valence-corrected chi connectivity index (χ2v) is 9.13. The molecule has 1 nitrogen and oxygen atoms in total. The van der Waals surface area contributed by atoms with Gasteiger partial charge in [-0.2, -0.15) is 0 Å². The molecule has 0 aromatic heterocycles. The summed E-state index contributed by atoms with van der Waals surface area (Å²) >= 11 is 0. The van der Waals surface area contributed by atoms with Crippen LogP contribution in [0.25, 0.3) is 0 Å². The molecule has 0 unspecified atom stereocenters. The van der Waals surface area contributed by atoms with Crippen LogP contribution in [0.1, 0.15) is 76.1 Å². The van der Waals surface area contributed by atoms with E-state index in [1.807, 2.05) is 6.07 Å². The van der Waals surface area contributed by atoms with Crippen molar-refractivity contribution in [2.75, 3.05) is 0 Å². The summed E-state index contributed by atoms with van der Waals surface area (Å²) in [6, 6.07) is 17.4. The molecule has 0 aliphatic carbocycles. The fourth-order valence-corrected chi connectivity index (χ4v) is 3.11. The van der Waals surface area contributed by atoms with Gasteiger partial charge in [0.05, 0.1) is 0 Å². The van der Waals surface area contributed by atoms with Crippen LogP contribution >= 0.6 is 0 Å². The molecule has 0 heterocycles. The zero-order valence-electron chi connectivity index (χ0n) is 16.6. The van der Waals surface area contributed by atoms with Crippen molar-refractivity contribution < 1.29 is 4.79 Å². The lowest BCUT2D eigenvalue weighted by atomic mass is 9.77. The normalized spacial score (nSPS) is 13.5. The minimum atomic E-state index is 0.0918. The van der Waals surface area contributed by atoms with Crippen molar-refractivity contribution >= 4 is 6.29 Å². The van der Waals surface area contributed by atoms with E-state index in [-0.39, 0.29) is 16.7 Å². The Balaban J connectivity index is 2.50. The first-order valence-corrected chi connectivity index (χ1v) is 9.25. The highest BCUT2D eigenvalue weighted by atomic mass is 16.1. The average molecular weight is 337 g/mol. The molecule has 0 spiro atoms. The molecular weight excluding hydrogens is 304 g/mol. The van der Waals surface area contributed by atoms with Crippen molar-refractivity contribution in [1.29, 1.82) is 0 Å². The smallest absolute Gasteiger partial charge is 0.120 e. The quantitative estimate of drug-likeness (QED) is 0.594. The Morgan fingerprint density at radius 1 is 0.840 bits per heavy atom. The van der Waals surface area contributed by atoms with Crippen molar-refractivity contribution in [3.05, 3.63) is 70.8 Å². The summed E-state index contributed by atoms with van der Waals surface area (Å²) in [4.78, 5) is 11.3. The van der Waals surface area contributed by atoms with Crippen molar-refractivity contribution in [3.63, 3.8) is 0 Å². The molecule has 0 amide bonds. The second kappa shape index (κ2) is 7.56. The molecule has 0 saturated carbocycles. The maximum atomic E-state index is 11.3. The Labute approximate surface area is 153 Å². The lowest BCUT2D eigenvalue weighted by molar-refractivity contribution is -0.108. The molecule has 0 saturated heterocycles. The summed E-state index contributed by atoms with van der Waals surface area (Å²) in [7, 11) is 0. The summed E-state index contributed by atoms with van der Waals surface area (Å²) in [5, 5.41) is 0. The third-order valence-electron chi connectivity index (χ3n) is 4.86. The van der Waals surface area contributed by atoms with Gasteiger partial charge in [-0.15, -0.1) is 0 Å². The number of hydrogen-bond donors (Lipinski definition) is 0. The molecule has 1 atom stereocenters. The van der Waals surface area contributed by atoms with E-state index < -0.39 is 0 Å². The van der Waals surface area contributed by atoms with Crippen molar-refractivity contribution in [3.8, 4) is 0 Å². The van der Waals surface area contributed by atoms with E-state index in [0.29, 0.717) is 6.42 Å². The number of aldehydes is 1. The van der Waals surface area contributed by atoms with Gasteiger partial charge in [-0.25, -0.2) is 0 Å². The lowest BCUT2D eigenvalue weighted by Crippen LogP contribution is -2.18. The third kappa shape index (κ3) is 5.29. The van der Waals surface area contributed by atoms with Gasteiger partial charge in [-0.1, -0.05) is 90.1 Å². The minimum absolute atomic E-state index is 0.0918. The lowest BCUT2D eigenvalue weighted by Gasteiger charge is -2.28. The molecule has 134 valence electrons. The number of hydrogen-bond acceptors (Lipinski definition) is 1. The molecule has 0 aliphatic heterocycles. The Morgan fingerprint density at radius 2 is 1.36 bits per heavy atom. The van der Waals surface area contributed by atoms with Gasteiger partial charge in [-0.05, 0) is 45.4 Å². The van der Waals surface area contributed by atoms with Gasteiger partial charge in [0.2, 0.25) is 0 Å². The number of carbonyl (C=O) groups excluding carboxylic acids is 1. The van der Waals surface area contributed by atoms with Crippen LogP contribution in [0.4, 0.5) is 0 Å². The summed E-state index contributed by atoms with van der Waals surface area (Å²) in [6.07, 6.45) is 2.52. The van der Waals surface area contributed by atoms with Gasteiger partial charge >= 0.3 is 0 Å². The molecule has 0 fully saturated rings. The van der Waals surface area contributed by atoms with Crippen LogP contribution < -0.4 is 0 Å². The van der Waals surface area contributed by atoms with Gasteiger partial charge in [-0.3, -0.25) is 0 Å². The van der Waals surface area contributed by atoms with E-state index in [0.717, 1.165) is 12.7 Å². The maximum Gasteiger partial charge on any atom is 0.120 e. The first kappa shape index (κ1) is 19.4. The molecule has 1 heteroatoms. The van der Waals surface area contributed by atoms with Gasteiger partial charge in [0.15, 0.2) is 0 Å². The van der Waals surface area contributed by atoms with Crippen LogP contribution in [0.5, 0.6) is 0 Å². The molecule has 25 heavy (non-hydrogen) atoms. The SMILES string of the molecule is CC(C)(C)c1cc([C@H](CC=O)Cc2ccccc2)cc(C(C)(C)C)c1. The van der Waals surface area contributed by atoms with Crippen LogP contribution in [0.3, 0.4) is 0 Å². The van der Waals surface area contributed by atoms with Crippen LogP contribution in [-0.4, -0.2) is 6.29 Å². The van der Waals surface area contributed by atoms with E-state index in [1.54, 1.807) is 0 Å². The summed E-state index contributed by atoms with van der Waals surface area (Å²) in [5.41, 5.74) is 5.45. The van der Waals surface area contributed by atoms with Gasteiger partial charge in [0, 0.05) is 6.42 Å². The van der Waals surface area contributed by atoms with Gasteiger partial charge < -0.3 is 4.79 Å². The van der Waals surface area contributed by atoms with E-state index in [9.17, 15) is 4.79 Å². The highest BCUT2D eigenvalue weighted by molar-refractivity contribution is 5.53. The Kier molecular flexibility index (Phi) is 5.87. The van der Waals surface area contributed by atoms with E-state index in [2.05, 4.69) is 84.0 Å². The molecular formula is C24H32O. The number of carbonyl (C=O) groups is 1. The van der Waals surface area contributed by atoms with Gasteiger partial charge in [0.25, 0.3) is 0 Å². The highest BCUT2D eigenvalue weighted by Gasteiger charge is 2.23. The predicted octanol–water partition coefficient (Wildman–Crippen LogP) is 6.20. The minimum Gasteiger partial charge on any atom is -0.303 e. The Bertz CT molecular complexity index is 667. The second-order valence-electron chi connectivity index (χ2n) is 9.13. The van der Waals surface area contributed by atoms with E-state index in [4.69, 9.17) is 0 Å². The van der Waals surface area contributed by atoms with Crippen molar-refractivity contribution in [2.45, 2.75) is 71.1 Å². The summed E-state index contributed by atoms with van der Waals surface area (Å²) in [6.45, 7) is 13.5. The van der Waals surface area contributed by atoms with Gasteiger partial charge in [0.1, 0.15) is 6.29 Å². The van der Waals surface area contributed by atoms with Crippen molar-refractivity contribution in [2.24, 2.45) is 0 Å².